The average Bonchev–Trinajstić information content (AvgIpc) is 2.26. The highest BCUT2D eigenvalue weighted by Gasteiger charge is 2.37. The first kappa shape index (κ1) is 19.4. The Kier molecular flexibility index (Phi) is 8.36. The highest BCUT2D eigenvalue weighted by atomic mass is 16.5. The maximum Gasteiger partial charge on any atom is 0.327 e. The van der Waals surface area contributed by atoms with Crippen molar-refractivity contribution in [3.8, 4) is 0 Å². The van der Waals surface area contributed by atoms with E-state index in [1.165, 1.54) is 0 Å². The van der Waals surface area contributed by atoms with E-state index in [9.17, 15) is 4.79 Å². The summed E-state index contributed by atoms with van der Waals surface area (Å²) in [5.74, 6) is 0.408. The topological polar surface area (TPSA) is 41.6 Å². The highest BCUT2D eigenvalue weighted by Crippen LogP contribution is 2.15. The van der Waals surface area contributed by atoms with Crippen LogP contribution in [-0.4, -0.2) is 48.2 Å². The Morgan fingerprint density at radius 2 is 1.75 bits per heavy atom. The minimum Gasteiger partial charge on any atom is -0.465 e. The molecule has 4 nitrogen and oxygen atoms in total. The van der Waals surface area contributed by atoms with Crippen molar-refractivity contribution in [3.63, 3.8) is 0 Å². The smallest absolute Gasteiger partial charge is 0.327 e. The van der Waals surface area contributed by atoms with E-state index < -0.39 is 5.54 Å². The van der Waals surface area contributed by atoms with Crippen LogP contribution in [0.4, 0.5) is 0 Å². The fourth-order valence-corrected chi connectivity index (χ4v) is 2.43. The molecular weight excluding hydrogens is 252 g/mol. The van der Waals surface area contributed by atoms with Gasteiger partial charge in [0.1, 0.15) is 5.54 Å². The van der Waals surface area contributed by atoms with E-state index in [1.54, 1.807) is 0 Å². The van der Waals surface area contributed by atoms with Gasteiger partial charge in [0.2, 0.25) is 0 Å². The van der Waals surface area contributed by atoms with E-state index >= 15 is 0 Å². The summed E-state index contributed by atoms with van der Waals surface area (Å²) in [4.78, 5) is 14.7. The zero-order chi connectivity index (χ0) is 15.9. The normalized spacial score (nSPS) is 15.2. The molecule has 20 heavy (non-hydrogen) atoms. The Hall–Kier alpha value is -0.610. The van der Waals surface area contributed by atoms with Crippen molar-refractivity contribution in [2.24, 2.45) is 5.92 Å². The maximum absolute atomic E-state index is 12.3. The fourth-order valence-electron chi connectivity index (χ4n) is 2.43. The minimum atomic E-state index is -0.663. The molecule has 0 radical (unpaired) electrons. The van der Waals surface area contributed by atoms with E-state index in [2.05, 4.69) is 51.8 Å². The molecule has 0 amide bonds. The third-order valence-corrected chi connectivity index (χ3v) is 3.18. The van der Waals surface area contributed by atoms with Crippen LogP contribution in [0, 0.1) is 5.92 Å². The van der Waals surface area contributed by atoms with E-state index in [-0.39, 0.29) is 12.0 Å². The second-order valence-electron chi connectivity index (χ2n) is 6.77. The number of carbonyl (C=O) groups is 1. The molecule has 0 rings (SSSR count). The van der Waals surface area contributed by atoms with Crippen LogP contribution in [0.15, 0.2) is 0 Å². The first-order valence-corrected chi connectivity index (χ1v) is 7.81. The van der Waals surface area contributed by atoms with Gasteiger partial charge in [0.05, 0.1) is 6.61 Å². The van der Waals surface area contributed by atoms with E-state index in [0.29, 0.717) is 25.1 Å². The molecule has 4 heteroatoms. The van der Waals surface area contributed by atoms with Crippen LogP contribution in [0.2, 0.25) is 0 Å². The number of ether oxygens (including phenoxy) is 1. The summed E-state index contributed by atoms with van der Waals surface area (Å²) in [6.07, 6.45) is 0. The largest absolute Gasteiger partial charge is 0.465 e. The number of rotatable bonds is 9. The highest BCUT2D eigenvalue weighted by molar-refractivity contribution is 5.80. The van der Waals surface area contributed by atoms with Crippen molar-refractivity contribution >= 4 is 5.97 Å². The fraction of sp³-hybridized carbons (Fsp3) is 0.938. The van der Waals surface area contributed by atoms with Gasteiger partial charge in [0.25, 0.3) is 0 Å². The number of esters is 1. The van der Waals surface area contributed by atoms with E-state index in [1.807, 2.05) is 13.8 Å². The second kappa shape index (κ2) is 8.63. The Labute approximate surface area is 125 Å². The molecule has 0 saturated carbocycles. The van der Waals surface area contributed by atoms with Crippen molar-refractivity contribution in [2.45, 2.75) is 73.0 Å². The molecule has 0 aliphatic heterocycles. The van der Waals surface area contributed by atoms with Gasteiger partial charge < -0.3 is 4.74 Å². The van der Waals surface area contributed by atoms with Crippen LogP contribution in [0.5, 0.6) is 0 Å². The predicted molar refractivity (Wildman–Crippen MR) is 84.9 cm³/mol. The van der Waals surface area contributed by atoms with Crippen LogP contribution in [-0.2, 0) is 9.53 Å². The molecule has 0 fully saturated rings. The number of nitrogens with one attached hydrogen (secondary N) is 1. The molecule has 0 aliphatic rings. The zero-order valence-corrected chi connectivity index (χ0v) is 14.6. The molecule has 0 aliphatic carbocycles. The summed E-state index contributed by atoms with van der Waals surface area (Å²) in [7, 11) is 0. The van der Waals surface area contributed by atoms with Gasteiger partial charge in [0.15, 0.2) is 0 Å². The van der Waals surface area contributed by atoms with Gasteiger partial charge in [-0.15, -0.1) is 0 Å². The molecule has 120 valence electrons. The van der Waals surface area contributed by atoms with Crippen LogP contribution < -0.4 is 5.32 Å². The van der Waals surface area contributed by atoms with Crippen molar-refractivity contribution in [3.05, 3.63) is 0 Å². The summed E-state index contributed by atoms with van der Waals surface area (Å²) >= 11 is 0. The lowest BCUT2D eigenvalue weighted by atomic mass is 9.98. The van der Waals surface area contributed by atoms with Crippen LogP contribution in [0.1, 0.15) is 55.4 Å². The summed E-state index contributed by atoms with van der Waals surface area (Å²) in [5, 5.41) is 3.38. The number of carbonyl (C=O) groups excluding carboxylic acids is 1. The van der Waals surface area contributed by atoms with Crippen molar-refractivity contribution in [2.75, 3.05) is 19.7 Å². The molecule has 1 N–H and O–H groups in total. The molecule has 0 aromatic rings. The molecule has 1 unspecified atom stereocenters. The van der Waals surface area contributed by atoms with Crippen LogP contribution in [0.25, 0.3) is 0 Å². The monoisotopic (exact) mass is 286 g/mol. The van der Waals surface area contributed by atoms with Crippen molar-refractivity contribution in [1.82, 2.24) is 10.2 Å². The van der Waals surface area contributed by atoms with Gasteiger partial charge in [-0.25, -0.2) is 0 Å². The standard InChI is InChI=1S/C16H34N2O2/c1-9-20-15(19)16(8,17-13(4)5)11-18(14(6)7)10-12(2)3/h12-14,17H,9-11H2,1-8H3. The third-order valence-electron chi connectivity index (χ3n) is 3.18. The van der Waals surface area contributed by atoms with E-state index in [4.69, 9.17) is 4.74 Å². The maximum atomic E-state index is 12.3. The van der Waals surface area contributed by atoms with E-state index in [0.717, 1.165) is 6.54 Å². The summed E-state index contributed by atoms with van der Waals surface area (Å²) in [6.45, 7) is 18.7. The Bertz CT molecular complexity index is 290. The third kappa shape index (κ3) is 6.71. The predicted octanol–water partition coefficient (Wildman–Crippen LogP) is 2.67. The molecule has 0 bridgehead atoms. The first-order valence-electron chi connectivity index (χ1n) is 7.81. The van der Waals surface area contributed by atoms with Gasteiger partial charge in [-0.2, -0.15) is 0 Å². The first-order chi connectivity index (χ1) is 9.12. The summed E-state index contributed by atoms with van der Waals surface area (Å²) < 4.78 is 5.27. The summed E-state index contributed by atoms with van der Waals surface area (Å²) in [5.41, 5.74) is -0.663. The minimum absolute atomic E-state index is 0.164. The Balaban J connectivity index is 5.05. The molecule has 0 aromatic carbocycles. The molecule has 0 aromatic heterocycles. The molecular formula is C16H34N2O2. The van der Waals surface area contributed by atoms with Gasteiger partial charge in [-0.1, -0.05) is 13.8 Å². The summed E-state index contributed by atoms with van der Waals surface area (Å²) in [6, 6.07) is 0.637. The average molecular weight is 286 g/mol. The van der Waals surface area contributed by atoms with Crippen molar-refractivity contribution < 1.29 is 9.53 Å². The number of hydrogen-bond donors (Lipinski definition) is 1. The van der Waals surface area contributed by atoms with Gasteiger partial charge in [0, 0.05) is 25.2 Å². The van der Waals surface area contributed by atoms with Crippen LogP contribution in [0.3, 0.4) is 0 Å². The van der Waals surface area contributed by atoms with Crippen molar-refractivity contribution in [1.29, 1.82) is 0 Å². The van der Waals surface area contributed by atoms with Gasteiger partial charge in [-0.05, 0) is 47.5 Å². The lowest BCUT2D eigenvalue weighted by Crippen LogP contribution is -2.60. The van der Waals surface area contributed by atoms with Gasteiger partial charge >= 0.3 is 5.97 Å². The Morgan fingerprint density at radius 1 is 1.20 bits per heavy atom. The zero-order valence-electron chi connectivity index (χ0n) is 14.6. The van der Waals surface area contributed by atoms with Gasteiger partial charge in [-0.3, -0.25) is 15.0 Å². The number of nitrogens with zero attached hydrogens (tertiary/aromatic N) is 1. The molecule has 0 saturated heterocycles. The lowest BCUT2D eigenvalue weighted by Gasteiger charge is -2.38. The quantitative estimate of drug-likeness (QED) is 0.662. The molecule has 0 heterocycles. The second-order valence-corrected chi connectivity index (χ2v) is 6.77. The van der Waals surface area contributed by atoms with Crippen LogP contribution >= 0.6 is 0 Å². The molecule has 0 spiro atoms. The molecule has 1 atom stereocenters. The SMILES string of the molecule is CCOC(=O)C(C)(CN(CC(C)C)C(C)C)NC(C)C. The number of hydrogen-bond acceptors (Lipinski definition) is 4. The Morgan fingerprint density at radius 3 is 2.10 bits per heavy atom. The lowest BCUT2D eigenvalue weighted by molar-refractivity contribution is -0.152.